The molecule has 1 aromatic rings. The fourth-order valence-corrected chi connectivity index (χ4v) is 2.72. The summed E-state index contributed by atoms with van der Waals surface area (Å²) < 4.78 is 2.01. The Hall–Kier alpha value is -0.900. The summed E-state index contributed by atoms with van der Waals surface area (Å²) in [6.07, 6.45) is 9.12. The van der Waals surface area contributed by atoms with E-state index in [1.165, 1.54) is 19.3 Å². The van der Waals surface area contributed by atoms with Crippen LogP contribution in [0.25, 0.3) is 0 Å². The van der Waals surface area contributed by atoms with Crippen molar-refractivity contribution in [1.82, 2.24) is 14.8 Å². The van der Waals surface area contributed by atoms with Crippen LogP contribution in [0.2, 0.25) is 0 Å². The summed E-state index contributed by atoms with van der Waals surface area (Å²) in [5, 5.41) is 14.1. The normalized spacial score (nSPS) is 25.8. The van der Waals surface area contributed by atoms with Crippen molar-refractivity contribution in [3.8, 4) is 0 Å². The molecule has 0 amide bonds. The van der Waals surface area contributed by atoms with E-state index >= 15 is 0 Å². The van der Waals surface area contributed by atoms with E-state index in [9.17, 15) is 5.11 Å². The van der Waals surface area contributed by atoms with Gasteiger partial charge in [-0.2, -0.15) is 5.10 Å². The SMILES string of the molecule is CCCn1ncnc1CC1CCCCC(O)C1. The zero-order valence-corrected chi connectivity index (χ0v) is 10.7. The van der Waals surface area contributed by atoms with E-state index in [0.29, 0.717) is 5.92 Å². The van der Waals surface area contributed by atoms with Gasteiger partial charge >= 0.3 is 0 Å². The molecule has 1 aliphatic carbocycles. The van der Waals surface area contributed by atoms with Gasteiger partial charge in [0.15, 0.2) is 0 Å². The lowest BCUT2D eigenvalue weighted by atomic mass is 9.95. The van der Waals surface area contributed by atoms with Crippen molar-refractivity contribution >= 4 is 0 Å². The number of aromatic nitrogens is 3. The highest BCUT2D eigenvalue weighted by Gasteiger charge is 2.20. The molecular weight excluding hydrogens is 214 g/mol. The van der Waals surface area contributed by atoms with Crippen molar-refractivity contribution in [2.75, 3.05) is 0 Å². The molecule has 1 heterocycles. The second kappa shape index (κ2) is 6.15. The molecule has 0 aromatic carbocycles. The Balaban J connectivity index is 1.96. The molecule has 0 aliphatic heterocycles. The second-order valence-electron chi connectivity index (χ2n) is 5.14. The zero-order chi connectivity index (χ0) is 12.1. The highest BCUT2D eigenvalue weighted by molar-refractivity contribution is 4.88. The Bertz CT molecular complexity index is 337. The molecular formula is C13H23N3O. The maximum Gasteiger partial charge on any atom is 0.138 e. The molecule has 0 bridgehead atoms. The zero-order valence-electron chi connectivity index (χ0n) is 10.7. The van der Waals surface area contributed by atoms with Gasteiger partial charge in [0.05, 0.1) is 6.10 Å². The fraction of sp³-hybridized carbons (Fsp3) is 0.846. The Morgan fingerprint density at radius 2 is 2.24 bits per heavy atom. The highest BCUT2D eigenvalue weighted by Crippen LogP contribution is 2.25. The van der Waals surface area contributed by atoms with Crippen LogP contribution in [0.3, 0.4) is 0 Å². The van der Waals surface area contributed by atoms with E-state index in [2.05, 4.69) is 17.0 Å². The monoisotopic (exact) mass is 237 g/mol. The third kappa shape index (κ3) is 3.53. The van der Waals surface area contributed by atoms with E-state index in [0.717, 1.165) is 38.1 Å². The maximum absolute atomic E-state index is 9.82. The van der Waals surface area contributed by atoms with Crippen molar-refractivity contribution in [3.63, 3.8) is 0 Å². The topological polar surface area (TPSA) is 50.9 Å². The van der Waals surface area contributed by atoms with Crippen LogP contribution in [0, 0.1) is 5.92 Å². The molecule has 1 saturated carbocycles. The summed E-state index contributed by atoms with van der Waals surface area (Å²) in [6, 6.07) is 0. The van der Waals surface area contributed by atoms with Crippen LogP contribution in [-0.4, -0.2) is 26.0 Å². The summed E-state index contributed by atoms with van der Waals surface area (Å²) in [4.78, 5) is 4.35. The lowest BCUT2D eigenvalue weighted by Gasteiger charge is -2.16. The molecule has 17 heavy (non-hydrogen) atoms. The van der Waals surface area contributed by atoms with Gasteiger partial charge in [-0.1, -0.05) is 19.8 Å². The molecule has 2 atom stereocenters. The van der Waals surface area contributed by atoms with Crippen LogP contribution in [0.15, 0.2) is 6.33 Å². The number of hydrogen-bond acceptors (Lipinski definition) is 3. The van der Waals surface area contributed by atoms with Crippen LogP contribution in [0.1, 0.15) is 51.3 Å². The molecule has 96 valence electrons. The standard InChI is InChI=1S/C13H23N3O/c1-2-7-16-13(14-10-15-16)9-11-5-3-4-6-12(17)8-11/h10-12,17H,2-9H2,1H3. The van der Waals surface area contributed by atoms with Gasteiger partial charge < -0.3 is 5.11 Å². The highest BCUT2D eigenvalue weighted by atomic mass is 16.3. The number of hydrogen-bond donors (Lipinski definition) is 1. The average Bonchev–Trinajstić information content (AvgIpc) is 2.61. The van der Waals surface area contributed by atoms with Crippen molar-refractivity contribution in [3.05, 3.63) is 12.2 Å². The molecule has 1 aromatic heterocycles. The third-order valence-corrected chi connectivity index (χ3v) is 3.61. The largest absolute Gasteiger partial charge is 0.393 e. The van der Waals surface area contributed by atoms with Gasteiger partial charge in [0.1, 0.15) is 12.2 Å². The quantitative estimate of drug-likeness (QED) is 0.816. The molecule has 1 fully saturated rings. The number of nitrogens with zero attached hydrogens (tertiary/aromatic N) is 3. The molecule has 2 rings (SSSR count). The van der Waals surface area contributed by atoms with Crippen molar-refractivity contribution in [2.45, 2.75) is 64.5 Å². The van der Waals surface area contributed by atoms with E-state index < -0.39 is 0 Å². The molecule has 0 radical (unpaired) electrons. The van der Waals surface area contributed by atoms with Gasteiger partial charge in [0.2, 0.25) is 0 Å². The van der Waals surface area contributed by atoms with Gasteiger partial charge in [-0.3, -0.25) is 4.68 Å². The first kappa shape index (κ1) is 12.6. The van der Waals surface area contributed by atoms with E-state index in [-0.39, 0.29) is 6.10 Å². The summed E-state index contributed by atoms with van der Waals surface area (Å²) in [5.74, 6) is 1.67. The maximum atomic E-state index is 9.82. The smallest absolute Gasteiger partial charge is 0.138 e. The van der Waals surface area contributed by atoms with Crippen molar-refractivity contribution < 1.29 is 5.11 Å². The lowest BCUT2D eigenvalue weighted by molar-refractivity contribution is 0.140. The Labute approximate surface area is 103 Å². The summed E-state index contributed by atoms with van der Waals surface area (Å²) in [5.41, 5.74) is 0. The van der Waals surface area contributed by atoms with Gasteiger partial charge in [0, 0.05) is 13.0 Å². The molecule has 1 N–H and O–H groups in total. The number of rotatable bonds is 4. The molecule has 4 heteroatoms. The van der Waals surface area contributed by atoms with Crippen LogP contribution < -0.4 is 0 Å². The van der Waals surface area contributed by atoms with Gasteiger partial charge in [-0.25, -0.2) is 4.98 Å². The first-order chi connectivity index (χ1) is 8.29. The lowest BCUT2D eigenvalue weighted by Crippen LogP contribution is -2.15. The molecule has 2 unspecified atom stereocenters. The predicted octanol–water partition coefficient (Wildman–Crippen LogP) is 2.17. The van der Waals surface area contributed by atoms with Gasteiger partial charge in [-0.15, -0.1) is 0 Å². The first-order valence-corrected chi connectivity index (χ1v) is 6.84. The fourth-order valence-electron chi connectivity index (χ4n) is 2.72. The Morgan fingerprint density at radius 1 is 1.41 bits per heavy atom. The van der Waals surface area contributed by atoms with Crippen molar-refractivity contribution in [1.29, 1.82) is 0 Å². The van der Waals surface area contributed by atoms with Crippen molar-refractivity contribution in [2.24, 2.45) is 5.92 Å². The molecule has 0 spiro atoms. The Morgan fingerprint density at radius 3 is 3.06 bits per heavy atom. The number of aliphatic hydroxyl groups is 1. The summed E-state index contributed by atoms with van der Waals surface area (Å²) in [6.45, 7) is 3.10. The minimum absolute atomic E-state index is 0.106. The van der Waals surface area contributed by atoms with Crippen LogP contribution in [-0.2, 0) is 13.0 Å². The second-order valence-corrected chi connectivity index (χ2v) is 5.14. The predicted molar refractivity (Wildman–Crippen MR) is 66.6 cm³/mol. The molecule has 1 aliphatic rings. The van der Waals surface area contributed by atoms with Gasteiger partial charge in [-0.05, 0) is 31.6 Å². The average molecular weight is 237 g/mol. The molecule has 0 saturated heterocycles. The first-order valence-electron chi connectivity index (χ1n) is 6.84. The van der Waals surface area contributed by atoms with E-state index in [1.54, 1.807) is 6.33 Å². The minimum atomic E-state index is -0.106. The summed E-state index contributed by atoms with van der Waals surface area (Å²) in [7, 11) is 0. The number of aliphatic hydroxyl groups excluding tert-OH is 1. The van der Waals surface area contributed by atoms with Gasteiger partial charge in [0.25, 0.3) is 0 Å². The van der Waals surface area contributed by atoms with Crippen LogP contribution >= 0.6 is 0 Å². The van der Waals surface area contributed by atoms with E-state index in [4.69, 9.17) is 0 Å². The van der Waals surface area contributed by atoms with E-state index in [1.807, 2.05) is 4.68 Å². The summed E-state index contributed by atoms with van der Waals surface area (Å²) >= 11 is 0. The number of aryl methyl sites for hydroxylation is 1. The molecule has 4 nitrogen and oxygen atoms in total. The Kier molecular flexibility index (Phi) is 4.54. The van der Waals surface area contributed by atoms with Crippen LogP contribution in [0.4, 0.5) is 0 Å². The minimum Gasteiger partial charge on any atom is -0.393 e. The third-order valence-electron chi connectivity index (χ3n) is 3.61. The van der Waals surface area contributed by atoms with Crippen LogP contribution in [0.5, 0.6) is 0 Å².